The van der Waals surface area contributed by atoms with Crippen molar-refractivity contribution in [1.29, 1.82) is 0 Å². The van der Waals surface area contributed by atoms with E-state index < -0.39 is 97.5 Å². The molecule has 0 heterocycles. The van der Waals surface area contributed by atoms with Crippen molar-refractivity contribution in [3.05, 3.63) is 0 Å². The first kappa shape index (κ1) is 91.1. The minimum Gasteiger partial charge on any atom is -0.462 e. The van der Waals surface area contributed by atoms with Gasteiger partial charge in [0.1, 0.15) is 19.3 Å². The van der Waals surface area contributed by atoms with E-state index in [1.165, 1.54) is 173 Å². The maximum absolute atomic E-state index is 13.0. The summed E-state index contributed by atoms with van der Waals surface area (Å²) >= 11 is 0. The molecule has 3 N–H and O–H groups in total. The summed E-state index contributed by atoms with van der Waals surface area (Å²) in [5, 5.41) is 10.6. The monoisotopic (exact) mass is 1370 g/mol. The average molecular weight is 1370 g/mol. The van der Waals surface area contributed by atoms with Crippen LogP contribution in [-0.2, 0) is 65.4 Å². The molecule has 0 saturated heterocycles. The summed E-state index contributed by atoms with van der Waals surface area (Å²) in [6.07, 6.45) is 47.5. The van der Waals surface area contributed by atoms with E-state index in [0.717, 1.165) is 114 Å². The zero-order valence-corrected chi connectivity index (χ0v) is 62.7. The molecule has 0 aliphatic rings. The van der Waals surface area contributed by atoms with E-state index in [9.17, 15) is 43.2 Å². The Labute approximate surface area is 568 Å². The van der Waals surface area contributed by atoms with Crippen molar-refractivity contribution in [2.75, 3.05) is 39.6 Å². The van der Waals surface area contributed by atoms with Gasteiger partial charge in [-0.2, -0.15) is 0 Å². The third-order valence-corrected chi connectivity index (χ3v) is 19.3. The number of aliphatic hydroxyl groups is 1. The summed E-state index contributed by atoms with van der Waals surface area (Å²) in [4.78, 5) is 72.6. The van der Waals surface area contributed by atoms with Gasteiger partial charge in [0.15, 0.2) is 12.2 Å². The molecule has 0 aromatic heterocycles. The molecule has 0 aliphatic heterocycles. The summed E-state index contributed by atoms with van der Waals surface area (Å²) in [5.74, 6) is 0.858. The molecule has 6 atom stereocenters. The van der Waals surface area contributed by atoms with Crippen LogP contribution in [0.1, 0.15) is 370 Å². The van der Waals surface area contributed by atoms with Gasteiger partial charge in [0.25, 0.3) is 0 Å². The van der Waals surface area contributed by atoms with Crippen molar-refractivity contribution in [3.8, 4) is 0 Å². The fourth-order valence-corrected chi connectivity index (χ4v) is 12.7. The maximum atomic E-state index is 13.0. The van der Waals surface area contributed by atoms with Crippen LogP contribution in [0, 0.1) is 23.7 Å². The van der Waals surface area contributed by atoms with Gasteiger partial charge < -0.3 is 33.8 Å². The Morgan fingerprint density at radius 3 is 0.763 bits per heavy atom. The van der Waals surface area contributed by atoms with Gasteiger partial charge in [0, 0.05) is 25.7 Å². The SMILES string of the molecule is CCC(C)CCCCCCCCC(=O)O[C@H](COC(=O)CCCCCCCCCCC(C)C)COP(=O)(O)OCC(O)COP(=O)(O)OC[C@@H](COC(=O)CCCCCCCCCCCCCCCCCCCCC(C)C)OC(=O)CCCCCCCCCCC(C)C. The number of rotatable bonds is 71. The van der Waals surface area contributed by atoms with Crippen LogP contribution in [0.2, 0.25) is 0 Å². The first-order valence-electron chi connectivity index (χ1n) is 38.2. The van der Waals surface area contributed by atoms with E-state index in [-0.39, 0.29) is 25.7 Å². The molecule has 0 bridgehead atoms. The minimum atomic E-state index is -4.95. The lowest BCUT2D eigenvalue weighted by Crippen LogP contribution is -2.30. The van der Waals surface area contributed by atoms with Crippen LogP contribution in [0.25, 0.3) is 0 Å². The predicted octanol–water partition coefficient (Wildman–Crippen LogP) is 21.3. The van der Waals surface area contributed by atoms with Crippen molar-refractivity contribution < 1.29 is 80.2 Å². The van der Waals surface area contributed by atoms with E-state index in [1.54, 1.807) is 0 Å². The van der Waals surface area contributed by atoms with Crippen LogP contribution in [0.15, 0.2) is 0 Å². The van der Waals surface area contributed by atoms with Gasteiger partial charge in [-0.1, -0.05) is 319 Å². The number of carbonyl (C=O) groups excluding carboxylic acids is 4. The number of esters is 4. The van der Waals surface area contributed by atoms with E-state index in [1.807, 2.05) is 0 Å². The highest BCUT2D eigenvalue weighted by atomic mass is 31.2. The van der Waals surface area contributed by atoms with Gasteiger partial charge in [-0.15, -0.1) is 0 Å². The lowest BCUT2D eigenvalue weighted by molar-refractivity contribution is -0.161. The number of hydrogen-bond acceptors (Lipinski definition) is 15. The normalized spacial score (nSPS) is 14.5. The van der Waals surface area contributed by atoms with Crippen molar-refractivity contribution >= 4 is 39.5 Å². The minimum absolute atomic E-state index is 0.102. The molecule has 0 aromatic rings. The third kappa shape index (κ3) is 67.0. The molecule has 0 radical (unpaired) electrons. The number of aliphatic hydroxyl groups excluding tert-OH is 1. The zero-order chi connectivity index (χ0) is 68.9. The van der Waals surface area contributed by atoms with Gasteiger partial charge in [-0.25, -0.2) is 9.13 Å². The second kappa shape index (κ2) is 63.5. The Hall–Kier alpha value is -1.94. The Kier molecular flexibility index (Phi) is 62.2. The number of phosphoric ester groups is 2. The fraction of sp³-hybridized carbons (Fsp3) is 0.946. The summed E-state index contributed by atoms with van der Waals surface area (Å²) in [6.45, 7) is 14.1. The highest BCUT2D eigenvalue weighted by molar-refractivity contribution is 7.47. The van der Waals surface area contributed by atoms with E-state index in [4.69, 9.17) is 37.0 Å². The van der Waals surface area contributed by atoms with Gasteiger partial charge >= 0.3 is 39.5 Å². The second-order valence-electron chi connectivity index (χ2n) is 28.4. The molecule has 19 heteroatoms. The summed E-state index contributed by atoms with van der Waals surface area (Å²) in [7, 11) is -9.91. The molecular formula is C74H144O17P2. The van der Waals surface area contributed by atoms with Crippen molar-refractivity contribution in [1.82, 2.24) is 0 Å². The van der Waals surface area contributed by atoms with Crippen molar-refractivity contribution in [2.24, 2.45) is 23.7 Å². The largest absolute Gasteiger partial charge is 0.472 e. The average Bonchev–Trinajstić information content (AvgIpc) is 3.00. The zero-order valence-electron chi connectivity index (χ0n) is 60.9. The number of ether oxygens (including phenoxy) is 4. The topological polar surface area (TPSA) is 237 Å². The molecule has 0 rings (SSSR count). The molecule has 0 fully saturated rings. The molecule has 17 nitrogen and oxygen atoms in total. The lowest BCUT2D eigenvalue weighted by Gasteiger charge is -2.21. The predicted molar refractivity (Wildman–Crippen MR) is 377 cm³/mol. The first-order chi connectivity index (χ1) is 44.6. The summed E-state index contributed by atoms with van der Waals surface area (Å²) in [6, 6.07) is 0. The Morgan fingerprint density at radius 2 is 0.516 bits per heavy atom. The van der Waals surface area contributed by atoms with Gasteiger partial charge in [-0.3, -0.25) is 37.3 Å². The lowest BCUT2D eigenvalue weighted by atomic mass is 10.00. The molecule has 0 saturated carbocycles. The second-order valence-corrected chi connectivity index (χ2v) is 31.3. The quantitative estimate of drug-likeness (QED) is 0.0222. The standard InChI is InChI=1S/C74H144O17P2/c1-9-67(8)53-45-37-32-33-41-49-57-74(79)91-70(61-85-72(77)55-47-39-30-24-22-27-35-43-51-65(4)5)63-89-93(82,83)87-59-68(75)58-86-92(80,81)88-62-69(90-73(78)56-48-40-31-25-23-28-36-44-52-66(6)7)60-84-71(76)54-46-38-29-21-19-17-15-13-11-10-12-14-16-18-20-26-34-42-50-64(2)3/h64-70,75H,9-63H2,1-8H3,(H,80,81)(H,82,83)/t67?,68?,69-,70-/m1/s1. The number of phosphoric acid groups is 2. The first-order valence-corrected chi connectivity index (χ1v) is 41.2. The summed E-state index contributed by atoms with van der Waals surface area (Å²) in [5.41, 5.74) is 0. The molecule has 552 valence electrons. The highest BCUT2D eigenvalue weighted by Crippen LogP contribution is 2.45. The van der Waals surface area contributed by atoms with Gasteiger partial charge in [0.05, 0.1) is 26.4 Å². The van der Waals surface area contributed by atoms with E-state index >= 15 is 0 Å². The highest BCUT2D eigenvalue weighted by Gasteiger charge is 2.30. The Balaban J connectivity index is 5.15. The van der Waals surface area contributed by atoms with Gasteiger partial charge in [-0.05, 0) is 49.4 Å². The van der Waals surface area contributed by atoms with Gasteiger partial charge in [0.2, 0.25) is 0 Å². The van der Waals surface area contributed by atoms with E-state index in [2.05, 4.69) is 55.4 Å². The van der Waals surface area contributed by atoms with Crippen molar-refractivity contribution in [2.45, 2.75) is 388 Å². The Bertz CT molecular complexity index is 1840. The number of carbonyl (C=O) groups is 4. The van der Waals surface area contributed by atoms with Crippen LogP contribution in [0.4, 0.5) is 0 Å². The number of unbranched alkanes of at least 4 members (excludes halogenated alkanes) is 36. The molecule has 0 aromatic carbocycles. The van der Waals surface area contributed by atoms with Crippen LogP contribution >= 0.6 is 15.6 Å². The smallest absolute Gasteiger partial charge is 0.462 e. The van der Waals surface area contributed by atoms with Crippen LogP contribution in [0.5, 0.6) is 0 Å². The molecule has 0 amide bonds. The maximum Gasteiger partial charge on any atom is 0.472 e. The molecule has 0 aliphatic carbocycles. The van der Waals surface area contributed by atoms with Crippen LogP contribution in [0.3, 0.4) is 0 Å². The fourth-order valence-electron chi connectivity index (χ4n) is 11.2. The molecule has 4 unspecified atom stereocenters. The Morgan fingerprint density at radius 1 is 0.301 bits per heavy atom. The molecule has 0 spiro atoms. The number of hydrogen-bond donors (Lipinski definition) is 3. The van der Waals surface area contributed by atoms with Crippen molar-refractivity contribution in [3.63, 3.8) is 0 Å². The molecule has 93 heavy (non-hydrogen) atoms. The third-order valence-electron chi connectivity index (χ3n) is 17.4. The van der Waals surface area contributed by atoms with Crippen LogP contribution in [-0.4, -0.2) is 96.7 Å². The van der Waals surface area contributed by atoms with Crippen LogP contribution < -0.4 is 0 Å². The molecular weight excluding hydrogens is 1220 g/mol. The van der Waals surface area contributed by atoms with E-state index in [0.29, 0.717) is 25.7 Å². The summed E-state index contributed by atoms with van der Waals surface area (Å²) < 4.78 is 68.3.